The van der Waals surface area contributed by atoms with E-state index in [1.165, 1.54) is 0 Å². The zero-order chi connectivity index (χ0) is 17.1. The summed E-state index contributed by atoms with van der Waals surface area (Å²) in [5.41, 5.74) is 6.84. The van der Waals surface area contributed by atoms with Crippen molar-refractivity contribution >= 4 is 32.7 Å². The summed E-state index contributed by atoms with van der Waals surface area (Å²) in [6, 6.07) is 12.9. The highest BCUT2D eigenvalue weighted by molar-refractivity contribution is 9.10. The normalized spacial score (nSPS) is 10.6. The molecular weight excluding hydrogens is 372 g/mol. The highest BCUT2D eigenvalue weighted by atomic mass is 79.9. The Kier molecular flexibility index (Phi) is 4.66. The number of benzene rings is 2. The number of methoxy groups -OCH3 is 1. The number of hydrogen-bond donors (Lipinski definition) is 1. The van der Waals surface area contributed by atoms with E-state index in [1.807, 2.05) is 18.2 Å². The average molecular weight is 387 g/mol. The third kappa shape index (κ3) is 3.65. The molecule has 1 heterocycles. The molecule has 5 nitrogen and oxygen atoms in total. The van der Waals surface area contributed by atoms with Crippen LogP contribution in [0.1, 0.15) is 5.56 Å². The first-order valence-corrected chi connectivity index (χ1v) is 8.03. The van der Waals surface area contributed by atoms with E-state index in [2.05, 4.69) is 20.9 Å². The summed E-state index contributed by atoms with van der Waals surface area (Å²) >= 11 is 3.46. The van der Waals surface area contributed by atoms with E-state index in [-0.39, 0.29) is 6.42 Å². The second-order valence-corrected chi connectivity index (χ2v) is 6.15. The summed E-state index contributed by atoms with van der Waals surface area (Å²) in [6.45, 7) is 0. The second kappa shape index (κ2) is 6.88. The lowest BCUT2D eigenvalue weighted by molar-refractivity contribution is -0.117. The van der Waals surface area contributed by atoms with Crippen molar-refractivity contribution in [3.63, 3.8) is 0 Å². The summed E-state index contributed by atoms with van der Waals surface area (Å²) < 4.78 is 12.2. The van der Waals surface area contributed by atoms with Gasteiger partial charge in [-0.15, -0.1) is 0 Å². The van der Waals surface area contributed by atoms with E-state index in [4.69, 9.17) is 15.2 Å². The summed E-state index contributed by atoms with van der Waals surface area (Å²) in [7, 11) is 1.56. The molecule has 122 valence electrons. The third-order valence-electron chi connectivity index (χ3n) is 3.45. The maximum Gasteiger partial charge on any atom is 0.221 e. The van der Waals surface area contributed by atoms with E-state index in [1.54, 1.807) is 37.6 Å². The molecule has 0 bridgehead atoms. The van der Waals surface area contributed by atoms with Gasteiger partial charge in [0, 0.05) is 22.1 Å². The Morgan fingerprint density at radius 3 is 2.71 bits per heavy atom. The van der Waals surface area contributed by atoms with Crippen molar-refractivity contribution in [3.05, 3.63) is 58.7 Å². The molecule has 0 aliphatic rings. The largest absolute Gasteiger partial charge is 0.497 e. The molecule has 2 N–H and O–H groups in total. The summed E-state index contributed by atoms with van der Waals surface area (Å²) in [6.07, 6.45) is 1.81. The van der Waals surface area contributed by atoms with Crippen LogP contribution in [0.25, 0.3) is 10.9 Å². The number of primary amides is 1. The third-order valence-corrected chi connectivity index (χ3v) is 3.94. The summed E-state index contributed by atoms with van der Waals surface area (Å²) in [5, 5.41) is 0.881. The minimum absolute atomic E-state index is 0.121. The lowest BCUT2D eigenvalue weighted by Gasteiger charge is -2.12. The quantitative estimate of drug-likeness (QED) is 0.722. The van der Waals surface area contributed by atoms with Gasteiger partial charge in [-0.3, -0.25) is 9.78 Å². The van der Waals surface area contributed by atoms with E-state index < -0.39 is 5.91 Å². The Labute approximate surface area is 147 Å². The number of nitrogens with zero attached hydrogens (tertiary/aromatic N) is 1. The summed E-state index contributed by atoms with van der Waals surface area (Å²) in [4.78, 5) is 15.5. The molecule has 0 aliphatic carbocycles. The van der Waals surface area contributed by atoms with Crippen molar-refractivity contribution in [1.29, 1.82) is 0 Å². The van der Waals surface area contributed by atoms with Gasteiger partial charge in [0.1, 0.15) is 17.2 Å². The van der Waals surface area contributed by atoms with Gasteiger partial charge in [0.2, 0.25) is 5.91 Å². The number of carbonyl (C=O) groups excluding carboxylic acids is 1. The first-order valence-electron chi connectivity index (χ1n) is 7.23. The maximum atomic E-state index is 11.2. The van der Waals surface area contributed by atoms with Crippen LogP contribution in [0, 0.1) is 0 Å². The highest BCUT2D eigenvalue weighted by Crippen LogP contribution is 2.32. The number of carbonyl (C=O) groups is 1. The Hall–Kier alpha value is -2.60. The number of nitrogens with two attached hydrogens (primary N) is 1. The molecule has 0 spiro atoms. The van der Waals surface area contributed by atoms with Crippen molar-refractivity contribution in [3.8, 4) is 17.2 Å². The van der Waals surface area contributed by atoms with Gasteiger partial charge in [0.25, 0.3) is 0 Å². The highest BCUT2D eigenvalue weighted by Gasteiger charge is 2.09. The number of amides is 1. The molecule has 0 atom stereocenters. The van der Waals surface area contributed by atoms with Crippen LogP contribution in [-0.2, 0) is 11.2 Å². The fourth-order valence-electron chi connectivity index (χ4n) is 2.42. The number of ether oxygens (including phenoxy) is 2. The Morgan fingerprint density at radius 2 is 1.96 bits per heavy atom. The molecule has 1 aromatic heterocycles. The Balaban J connectivity index is 2.01. The number of pyridine rings is 1. The molecule has 3 aromatic rings. The minimum atomic E-state index is -0.410. The van der Waals surface area contributed by atoms with Gasteiger partial charge in [-0.2, -0.15) is 0 Å². The summed E-state index contributed by atoms with van der Waals surface area (Å²) in [5.74, 6) is 1.42. The second-order valence-electron chi connectivity index (χ2n) is 5.23. The average Bonchev–Trinajstić information content (AvgIpc) is 2.54. The lowest BCUT2D eigenvalue weighted by Crippen LogP contribution is -2.13. The van der Waals surface area contributed by atoms with Gasteiger partial charge in [-0.05, 0) is 42.0 Å². The van der Waals surface area contributed by atoms with Gasteiger partial charge in [-0.1, -0.05) is 15.9 Å². The zero-order valence-electron chi connectivity index (χ0n) is 13.0. The van der Waals surface area contributed by atoms with Gasteiger partial charge in [0.05, 0.1) is 19.0 Å². The van der Waals surface area contributed by atoms with Gasteiger partial charge >= 0.3 is 0 Å². The number of rotatable bonds is 5. The molecule has 3 rings (SSSR count). The molecule has 0 fully saturated rings. The van der Waals surface area contributed by atoms with Crippen LogP contribution in [0.2, 0.25) is 0 Å². The number of fused-ring (bicyclic) bond motifs is 1. The molecule has 24 heavy (non-hydrogen) atoms. The smallest absolute Gasteiger partial charge is 0.221 e. The molecular formula is C18H15BrN2O3. The van der Waals surface area contributed by atoms with Gasteiger partial charge < -0.3 is 15.2 Å². The lowest BCUT2D eigenvalue weighted by atomic mass is 10.1. The molecule has 0 unspecified atom stereocenters. The first kappa shape index (κ1) is 16.3. The number of halogens is 1. The Morgan fingerprint density at radius 1 is 1.17 bits per heavy atom. The van der Waals surface area contributed by atoms with E-state index >= 15 is 0 Å². The maximum absolute atomic E-state index is 11.2. The van der Waals surface area contributed by atoms with Crippen molar-refractivity contribution in [1.82, 2.24) is 4.98 Å². The zero-order valence-corrected chi connectivity index (χ0v) is 14.5. The van der Waals surface area contributed by atoms with Gasteiger partial charge in [0.15, 0.2) is 0 Å². The minimum Gasteiger partial charge on any atom is -0.497 e. The molecule has 2 aromatic carbocycles. The Bertz CT molecular complexity index is 912. The molecule has 0 radical (unpaired) electrons. The van der Waals surface area contributed by atoms with Gasteiger partial charge in [-0.25, -0.2) is 0 Å². The molecule has 0 aliphatic heterocycles. The first-order chi connectivity index (χ1) is 11.5. The SMILES string of the molecule is COc1cc(CC(N)=O)cc(Oc2ccnc3ccc(Br)cc23)c1. The number of aromatic nitrogens is 1. The van der Waals surface area contributed by atoms with E-state index in [0.717, 1.165) is 20.9 Å². The van der Waals surface area contributed by atoms with Crippen LogP contribution >= 0.6 is 15.9 Å². The topological polar surface area (TPSA) is 74.4 Å². The van der Waals surface area contributed by atoms with Crippen LogP contribution in [0.4, 0.5) is 0 Å². The molecule has 0 saturated heterocycles. The van der Waals surface area contributed by atoms with E-state index in [0.29, 0.717) is 17.2 Å². The predicted octanol–water partition coefficient (Wildman–Crippen LogP) is 3.83. The van der Waals surface area contributed by atoms with E-state index in [9.17, 15) is 4.79 Å². The van der Waals surface area contributed by atoms with Crippen LogP contribution in [0.5, 0.6) is 17.2 Å². The fraction of sp³-hybridized carbons (Fsp3) is 0.111. The van der Waals surface area contributed by atoms with Crippen LogP contribution < -0.4 is 15.2 Å². The van der Waals surface area contributed by atoms with Crippen LogP contribution in [-0.4, -0.2) is 18.0 Å². The van der Waals surface area contributed by atoms with Crippen molar-refractivity contribution < 1.29 is 14.3 Å². The van der Waals surface area contributed by atoms with Crippen molar-refractivity contribution in [2.24, 2.45) is 5.73 Å². The van der Waals surface area contributed by atoms with Crippen LogP contribution in [0.3, 0.4) is 0 Å². The monoisotopic (exact) mass is 386 g/mol. The molecule has 1 amide bonds. The number of hydrogen-bond acceptors (Lipinski definition) is 4. The van der Waals surface area contributed by atoms with Crippen molar-refractivity contribution in [2.75, 3.05) is 7.11 Å². The predicted molar refractivity (Wildman–Crippen MR) is 95.4 cm³/mol. The fourth-order valence-corrected chi connectivity index (χ4v) is 2.78. The molecule has 6 heteroatoms. The van der Waals surface area contributed by atoms with Crippen molar-refractivity contribution in [2.45, 2.75) is 6.42 Å². The standard InChI is InChI=1S/C18H15BrN2O3/c1-23-13-6-11(8-18(20)22)7-14(10-13)24-17-4-5-21-16-3-2-12(19)9-15(16)17/h2-7,9-10H,8H2,1H3,(H2,20,22). The van der Waals surface area contributed by atoms with Crippen LogP contribution in [0.15, 0.2) is 53.1 Å². The molecule has 0 saturated carbocycles.